The number of aromatic nitrogens is 2. The molecule has 2 heterocycles. The van der Waals surface area contributed by atoms with Crippen molar-refractivity contribution < 1.29 is 14.1 Å². The van der Waals surface area contributed by atoms with Crippen molar-refractivity contribution in [3.63, 3.8) is 0 Å². The van der Waals surface area contributed by atoms with Crippen molar-refractivity contribution in [3.05, 3.63) is 5.69 Å². The van der Waals surface area contributed by atoms with Gasteiger partial charge in [-0.3, -0.25) is 4.52 Å². The van der Waals surface area contributed by atoms with E-state index in [4.69, 9.17) is 15.0 Å². The van der Waals surface area contributed by atoms with Crippen molar-refractivity contribution in [1.82, 2.24) is 5.27 Å². The molecule has 2 rings (SSSR count). The maximum absolute atomic E-state index is 5.54. The minimum absolute atomic E-state index is 0.367. The zero-order valence-corrected chi connectivity index (χ0v) is 7.56. The smallest absolute Gasteiger partial charge is 0.304 e. The summed E-state index contributed by atoms with van der Waals surface area (Å²) in [6.07, 6.45) is 0. The van der Waals surface area contributed by atoms with Crippen molar-refractivity contribution in [2.45, 2.75) is 6.92 Å². The molecule has 0 saturated carbocycles. The van der Waals surface area contributed by atoms with Crippen LogP contribution in [0.25, 0.3) is 0 Å². The first-order valence-electron chi connectivity index (χ1n) is 4.26. The highest BCUT2D eigenvalue weighted by atomic mass is 16.5. The summed E-state index contributed by atoms with van der Waals surface area (Å²) in [6, 6.07) is 0. The van der Waals surface area contributed by atoms with Gasteiger partial charge in [-0.25, -0.2) is 0 Å². The average Bonchev–Trinajstić information content (AvgIpc) is 2.49. The summed E-state index contributed by atoms with van der Waals surface area (Å²) in [6.45, 7) is 4.95. The van der Waals surface area contributed by atoms with Crippen molar-refractivity contribution in [3.8, 4) is 0 Å². The Morgan fingerprint density at radius 1 is 1.46 bits per heavy atom. The first kappa shape index (κ1) is 8.31. The van der Waals surface area contributed by atoms with Gasteiger partial charge in [0.25, 0.3) is 5.88 Å². The molecule has 1 fully saturated rings. The molecule has 0 bridgehead atoms. The zero-order chi connectivity index (χ0) is 9.26. The predicted octanol–water partition coefficient (Wildman–Crippen LogP) is -1.18. The third kappa shape index (κ3) is 1.44. The van der Waals surface area contributed by atoms with Gasteiger partial charge >= 0.3 is 5.69 Å². The standard InChI is InChI=1S/C7H13N4O2/c1-6-7(8)13-9-11(6)10-2-4-12-5-3-10/h2-5,8H2,1H3/q+1. The molecule has 1 aliphatic heterocycles. The summed E-state index contributed by atoms with van der Waals surface area (Å²) >= 11 is 0. The first-order chi connectivity index (χ1) is 6.29. The Hall–Kier alpha value is -1.30. The molecule has 0 unspecified atom stereocenters. The van der Waals surface area contributed by atoms with E-state index in [0.29, 0.717) is 5.88 Å². The Morgan fingerprint density at radius 3 is 2.69 bits per heavy atom. The molecular formula is C7H13N4O2+. The monoisotopic (exact) mass is 185 g/mol. The van der Waals surface area contributed by atoms with E-state index in [-0.39, 0.29) is 0 Å². The normalized spacial score (nSPS) is 17.8. The highest BCUT2D eigenvalue weighted by molar-refractivity contribution is 5.23. The van der Waals surface area contributed by atoms with E-state index >= 15 is 0 Å². The second-order valence-corrected chi connectivity index (χ2v) is 2.98. The van der Waals surface area contributed by atoms with Crippen LogP contribution in [0.1, 0.15) is 5.69 Å². The number of nitrogens with two attached hydrogens (primary N) is 1. The molecule has 0 spiro atoms. The van der Waals surface area contributed by atoms with Crippen molar-refractivity contribution in [1.29, 1.82) is 0 Å². The molecule has 0 aromatic carbocycles. The lowest BCUT2D eigenvalue weighted by Gasteiger charge is -2.19. The fourth-order valence-electron chi connectivity index (χ4n) is 1.32. The number of rotatable bonds is 1. The van der Waals surface area contributed by atoms with Crippen molar-refractivity contribution >= 4 is 5.88 Å². The highest BCUT2D eigenvalue weighted by Gasteiger charge is 2.26. The minimum Gasteiger partial charge on any atom is -0.377 e. The van der Waals surface area contributed by atoms with Crippen LogP contribution < -0.4 is 15.5 Å². The summed E-state index contributed by atoms with van der Waals surface area (Å²) in [7, 11) is 0. The molecule has 1 aromatic heterocycles. The predicted molar refractivity (Wildman–Crippen MR) is 44.6 cm³/mol. The van der Waals surface area contributed by atoms with E-state index in [2.05, 4.69) is 5.27 Å². The minimum atomic E-state index is 0.367. The topological polar surface area (TPSA) is 68.4 Å². The van der Waals surface area contributed by atoms with Gasteiger partial charge in [-0.15, -0.1) is 5.01 Å². The van der Waals surface area contributed by atoms with Crippen LogP contribution in [-0.4, -0.2) is 31.6 Å². The van der Waals surface area contributed by atoms with E-state index in [1.165, 1.54) is 0 Å². The number of hydrogen-bond donors (Lipinski definition) is 1. The number of morpholine rings is 1. The average molecular weight is 185 g/mol. The second kappa shape index (κ2) is 3.21. The van der Waals surface area contributed by atoms with Crippen LogP contribution in [-0.2, 0) is 4.74 Å². The van der Waals surface area contributed by atoms with Gasteiger partial charge in [0.2, 0.25) is 5.27 Å². The summed E-state index contributed by atoms with van der Waals surface area (Å²) in [5, 5.41) is 5.87. The van der Waals surface area contributed by atoms with Crippen LogP contribution in [0.15, 0.2) is 4.52 Å². The lowest BCUT2D eigenvalue weighted by Crippen LogP contribution is -2.64. The van der Waals surface area contributed by atoms with Crippen LogP contribution in [0.3, 0.4) is 0 Å². The molecule has 6 nitrogen and oxygen atoms in total. The largest absolute Gasteiger partial charge is 0.377 e. The van der Waals surface area contributed by atoms with Gasteiger partial charge in [-0.05, 0) is 0 Å². The van der Waals surface area contributed by atoms with Crippen LogP contribution in [0.2, 0.25) is 0 Å². The van der Waals surface area contributed by atoms with Crippen LogP contribution in [0, 0.1) is 6.92 Å². The number of nitrogen functional groups attached to an aromatic ring is 1. The fourth-order valence-corrected chi connectivity index (χ4v) is 1.32. The molecule has 0 radical (unpaired) electrons. The summed E-state index contributed by atoms with van der Waals surface area (Å²) < 4.78 is 10.1. The molecule has 1 aromatic rings. The van der Waals surface area contributed by atoms with E-state index in [1.54, 1.807) is 4.79 Å². The quantitative estimate of drug-likeness (QED) is 0.558. The Labute approximate surface area is 75.8 Å². The zero-order valence-electron chi connectivity index (χ0n) is 7.56. The van der Waals surface area contributed by atoms with Gasteiger partial charge in [0.05, 0.1) is 31.1 Å². The van der Waals surface area contributed by atoms with E-state index in [9.17, 15) is 0 Å². The van der Waals surface area contributed by atoms with Crippen LogP contribution >= 0.6 is 0 Å². The number of anilines is 1. The van der Waals surface area contributed by atoms with Gasteiger partial charge in [-0.1, -0.05) is 0 Å². The van der Waals surface area contributed by atoms with Gasteiger partial charge in [0.15, 0.2) is 0 Å². The van der Waals surface area contributed by atoms with E-state index < -0.39 is 0 Å². The molecule has 72 valence electrons. The first-order valence-corrected chi connectivity index (χ1v) is 4.26. The third-order valence-electron chi connectivity index (χ3n) is 2.13. The number of nitrogens with zero attached hydrogens (tertiary/aromatic N) is 3. The van der Waals surface area contributed by atoms with Gasteiger partial charge in [0, 0.05) is 6.92 Å². The Morgan fingerprint density at radius 2 is 2.15 bits per heavy atom. The van der Waals surface area contributed by atoms with Crippen LogP contribution in [0.5, 0.6) is 0 Å². The lowest BCUT2D eigenvalue weighted by molar-refractivity contribution is -0.764. The van der Waals surface area contributed by atoms with Crippen LogP contribution in [0.4, 0.5) is 5.88 Å². The Kier molecular flexibility index (Phi) is 2.05. The summed E-state index contributed by atoms with van der Waals surface area (Å²) in [5.41, 5.74) is 6.37. The van der Waals surface area contributed by atoms with Crippen molar-refractivity contribution in [2.24, 2.45) is 0 Å². The molecule has 1 aliphatic rings. The maximum Gasteiger partial charge on any atom is 0.304 e. The van der Waals surface area contributed by atoms with E-state index in [1.807, 2.05) is 11.9 Å². The molecular weight excluding hydrogens is 172 g/mol. The second-order valence-electron chi connectivity index (χ2n) is 2.98. The summed E-state index contributed by atoms with van der Waals surface area (Å²) in [5.74, 6) is 0.367. The fraction of sp³-hybridized carbons (Fsp3) is 0.714. The molecule has 0 amide bonds. The number of hydrogen-bond acceptors (Lipinski definition) is 5. The third-order valence-corrected chi connectivity index (χ3v) is 2.13. The van der Waals surface area contributed by atoms with E-state index in [0.717, 1.165) is 32.0 Å². The Bertz CT molecular complexity index is 293. The maximum atomic E-state index is 5.54. The van der Waals surface area contributed by atoms with Crippen molar-refractivity contribution in [2.75, 3.05) is 37.0 Å². The Balaban J connectivity index is 2.18. The summed E-state index contributed by atoms with van der Waals surface area (Å²) in [4.78, 5) is 1.69. The van der Waals surface area contributed by atoms with Gasteiger partial charge in [0.1, 0.15) is 0 Å². The molecule has 1 saturated heterocycles. The molecule has 0 atom stereocenters. The molecule has 2 N–H and O–H groups in total. The van der Waals surface area contributed by atoms with Gasteiger partial charge < -0.3 is 10.5 Å². The molecule has 13 heavy (non-hydrogen) atoms. The number of ether oxygens (including phenoxy) is 1. The molecule has 0 aliphatic carbocycles. The highest BCUT2D eigenvalue weighted by Crippen LogP contribution is 2.02. The SMILES string of the molecule is Cc1c(N)on[n+]1N1CCOCC1. The molecule has 6 heteroatoms. The van der Waals surface area contributed by atoms with Gasteiger partial charge in [-0.2, -0.15) is 0 Å². The lowest BCUT2D eigenvalue weighted by atomic mass is 10.5.